The Balaban J connectivity index is 2.05. The second-order valence-electron chi connectivity index (χ2n) is 6.88. The summed E-state index contributed by atoms with van der Waals surface area (Å²) in [5, 5.41) is 8.40. The van der Waals surface area contributed by atoms with Crippen LogP contribution in [0.1, 0.15) is 71.6 Å². The van der Waals surface area contributed by atoms with Gasteiger partial charge in [0.1, 0.15) is 0 Å². The van der Waals surface area contributed by atoms with E-state index in [1.54, 1.807) is 0 Å². The van der Waals surface area contributed by atoms with Gasteiger partial charge in [-0.1, -0.05) is 46.0 Å². The van der Waals surface area contributed by atoms with Gasteiger partial charge < -0.3 is 9.84 Å². The van der Waals surface area contributed by atoms with Gasteiger partial charge in [0.05, 0.1) is 6.61 Å². The fourth-order valence-electron chi connectivity index (χ4n) is 3.63. The highest BCUT2D eigenvalue weighted by molar-refractivity contribution is 5.90. The minimum atomic E-state index is -1.13. The van der Waals surface area contributed by atoms with Crippen LogP contribution in [0.3, 0.4) is 0 Å². The lowest BCUT2D eigenvalue weighted by Crippen LogP contribution is -2.20. The maximum Gasteiger partial charge on any atom is 0.331 e. The Labute approximate surface area is 140 Å². The van der Waals surface area contributed by atoms with Crippen LogP contribution in [-0.2, 0) is 14.3 Å². The van der Waals surface area contributed by atoms with Crippen molar-refractivity contribution in [1.82, 2.24) is 0 Å². The molecule has 4 nitrogen and oxygen atoms in total. The zero-order chi connectivity index (χ0) is 17.1. The molecule has 1 N–H and O–H groups in total. The van der Waals surface area contributed by atoms with Crippen LogP contribution in [0.4, 0.5) is 0 Å². The van der Waals surface area contributed by atoms with Crippen LogP contribution < -0.4 is 0 Å². The number of hydrogen-bond acceptors (Lipinski definition) is 3. The van der Waals surface area contributed by atoms with Gasteiger partial charge in [-0.3, -0.25) is 0 Å². The van der Waals surface area contributed by atoms with Gasteiger partial charge in [-0.2, -0.15) is 0 Å². The summed E-state index contributed by atoms with van der Waals surface area (Å²) >= 11 is 0. The Kier molecular flexibility index (Phi) is 9.65. The number of carboxylic acids is 1. The molecule has 1 saturated carbocycles. The minimum Gasteiger partial charge on any atom is -0.478 e. The first-order valence-corrected chi connectivity index (χ1v) is 9.10. The number of rotatable bonds is 10. The molecular weight excluding hydrogens is 292 g/mol. The van der Waals surface area contributed by atoms with E-state index in [0.29, 0.717) is 6.61 Å². The molecule has 0 radical (unpaired) electrons. The number of carbonyl (C=O) groups excluding carboxylic acids is 1. The fraction of sp³-hybridized carbons (Fsp3) is 0.789. The van der Waals surface area contributed by atoms with Crippen molar-refractivity contribution in [2.24, 2.45) is 17.8 Å². The second-order valence-corrected chi connectivity index (χ2v) is 6.88. The van der Waals surface area contributed by atoms with Crippen molar-refractivity contribution in [2.75, 3.05) is 6.61 Å². The largest absolute Gasteiger partial charge is 0.478 e. The van der Waals surface area contributed by atoms with Crippen LogP contribution in [0.15, 0.2) is 12.2 Å². The van der Waals surface area contributed by atoms with E-state index >= 15 is 0 Å². The molecule has 23 heavy (non-hydrogen) atoms. The molecule has 0 aromatic carbocycles. The topological polar surface area (TPSA) is 63.6 Å². The minimum absolute atomic E-state index is 0.381. The van der Waals surface area contributed by atoms with Gasteiger partial charge in [0, 0.05) is 12.2 Å². The normalized spacial score (nSPS) is 22.9. The summed E-state index contributed by atoms with van der Waals surface area (Å²) in [6.45, 7) is 5.06. The van der Waals surface area contributed by atoms with Crippen molar-refractivity contribution in [3.8, 4) is 0 Å². The Morgan fingerprint density at radius 2 is 1.87 bits per heavy atom. The maximum absolute atomic E-state index is 11.2. The molecule has 0 aliphatic heterocycles. The molecule has 0 heterocycles. The van der Waals surface area contributed by atoms with Crippen LogP contribution in [0.2, 0.25) is 0 Å². The molecule has 0 saturated heterocycles. The lowest BCUT2D eigenvalue weighted by molar-refractivity contribution is -0.138. The highest BCUT2D eigenvalue weighted by Gasteiger charge is 2.24. The van der Waals surface area contributed by atoms with E-state index in [4.69, 9.17) is 9.84 Å². The zero-order valence-corrected chi connectivity index (χ0v) is 14.6. The van der Waals surface area contributed by atoms with Crippen LogP contribution in [-0.4, -0.2) is 23.7 Å². The quantitative estimate of drug-likeness (QED) is 0.363. The van der Waals surface area contributed by atoms with Gasteiger partial charge in [-0.05, 0) is 43.4 Å². The molecule has 1 rings (SSSR count). The van der Waals surface area contributed by atoms with E-state index < -0.39 is 11.9 Å². The molecule has 1 aliphatic carbocycles. The van der Waals surface area contributed by atoms with Gasteiger partial charge in [0.15, 0.2) is 0 Å². The third-order valence-electron chi connectivity index (χ3n) is 5.05. The average molecular weight is 324 g/mol. The number of aliphatic carboxylic acids is 1. The van der Waals surface area contributed by atoms with E-state index in [-0.39, 0.29) is 0 Å². The van der Waals surface area contributed by atoms with Crippen molar-refractivity contribution in [3.63, 3.8) is 0 Å². The summed E-state index contributed by atoms with van der Waals surface area (Å²) < 4.78 is 4.97. The molecule has 0 bridgehead atoms. The van der Waals surface area contributed by atoms with E-state index in [1.807, 2.05) is 0 Å². The molecule has 0 aromatic rings. The smallest absolute Gasteiger partial charge is 0.331 e. The summed E-state index contributed by atoms with van der Waals surface area (Å²) in [6.07, 6.45) is 13.0. The highest BCUT2D eigenvalue weighted by atomic mass is 16.5. The molecule has 1 atom stereocenters. The predicted octanol–water partition coefficient (Wildman–Crippen LogP) is 4.58. The van der Waals surface area contributed by atoms with Gasteiger partial charge in [-0.25, -0.2) is 9.59 Å². The van der Waals surface area contributed by atoms with Gasteiger partial charge in [0.25, 0.3) is 0 Å². The first-order chi connectivity index (χ1) is 11.0. The molecular formula is C19H32O4. The summed E-state index contributed by atoms with van der Waals surface area (Å²) in [6, 6.07) is 0. The first kappa shape index (κ1) is 19.7. The maximum atomic E-state index is 11.2. The van der Waals surface area contributed by atoms with Gasteiger partial charge >= 0.3 is 11.9 Å². The SMILES string of the molecule is CCCC(C)C1CCC(CCCCOC(=O)/C=C/C(=O)O)CC1. The van der Waals surface area contributed by atoms with Crippen molar-refractivity contribution in [3.05, 3.63) is 12.2 Å². The van der Waals surface area contributed by atoms with Crippen molar-refractivity contribution in [1.29, 1.82) is 0 Å². The number of carbonyl (C=O) groups is 2. The fourth-order valence-corrected chi connectivity index (χ4v) is 3.63. The average Bonchev–Trinajstić information content (AvgIpc) is 2.53. The molecule has 132 valence electrons. The summed E-state index contributed by atoms with van der Waals surface area (Å²) in [4.78, 5) is 21.5. The Morgan fingerprint density at radius 3 is 2.48 bits per heavy atom. The molecule has 4 heteroatoms. The number of carboxylic acid groups (broad SMARTS) is 1. The first-order valence-electron chi connectivity index (χ1n) is 9.10. The second kappa shape index (κ2) is 11.3. The van der Waals surface area contributed by atoms with Gasteiger partial charge in [0.2, 0.25) is 0 Å². The molecule has 1 fully saturated rings. The Hall–Kier alpha value is -1.32. The van der Waals surface area contributed by atoms with Crippen molar-refractivity contribution < 1.29 is 19.4 Å². The van der Waals surface area contributed by atoms with Crippen LogP contribution in [0, 0.1) is 17.8 Å². The number of ether oxygens (including phenoxy) is 1. The van der Waals surface area contributed by atoms with Crippen LogP contribution in [0.25, 0.3) is 0 Å². The molecule has 1 unspecified atom stereocenters. The standard InChI is InChI=1S/C19H32O4/c1-3-6-15(2)17-10-8-16(9-11-17)7-4-5-14-23-19(22)13-12-18(20)21/h12-13,15-17H,3-11,14H2,1-2H3,(H,20,21)/b13-12+. The van der Waals surface area contributed by atoms with Crippen molar-refractivity contribution in [2.45, 2.75) is 71.6 Å². The van der Waals surface area contributed by atoms with E-state index in [9.17, 15) is 9.59 Å². The highest BCUT2D eigenvalue weighted by Crippen LogP contribution is 2.36. The number of unbranched alkanes of at least 4 members (excludes halogenated alkanes) is 1. The van der Waals surface area contributed by atoms with E-state index in [2.05, 4.69) is 13.8 Å². The number of esters is 1. The lowest BCUT2D eigenvalue weighted by Gasteiger charge is -2.32. The molecule has 0 amide bonds. The van der Waals surface area contributed by atoms with Crippen LogP contribution in [0.5, 0.6) is 0 Å². The Bertz CT molecular complexity index is 381. The molecule has 0 spiro atoms. The van der Waals surface area contributed by atoms with Gasteiger partial charge in [-0.15, -0.1) is 0 Å². The third kappa shape index (κ3) is 8.77. The molecule has 1 aliphatic rings. The van der Waals surface area contributed by atoms with Crippen LogP contribution >= 0.6 is 0 Å². The number of hydrogen-bond donors (Lipinski definition) is 1. The summed E-state index contributed by atoms with van der Waals surface area (Å²) in [5.74, 6) is 0.929. The predicted molar refractivity (Wildman–Crippen MR) is 91.1 cm³/mol. The zero-order valence-electron chi connectivity index (χ0n) is 14.6. The van der Waals surface area contributed by atoms with E-state index in [1.165, 1.54) is 44.9 Å². The third-order valence-corrected chi connectivity index (χ3v) is 5.05. The van der Waals surface area contributed by atoms with Crippen molar-refractivity contribution >= 4 is 11.9 Å². The lowest BCUT2D eigenvalue weighted by atomic mass is 9.74. The monoisotopic (exact) mass is 324 g/mol. The summed E-state index contributed by atoms with van der Waals surface area (Å²) in [5.41, 5.74) is 0. The summed E-state index contributed by atoms with van der Waals surface area (Å²) in [7, 11) is 0. The molecule has 0 aromatic heterocycles. The Morgan fingerprint density at radius 1 is 1.17 bits per heavy atom. The van der Waals surface area contributed by atoms with E-state index in [0.717, 1.165) is 42.7 Å².